The number of carboxylic acids is 1. The molecule has 1 heterocycles. The van der Waals surface area contributed by atoms with E-state index >= 15 is 0 Å². The van der Waals surface area contributed by atoms with Gasteiger partial charge in [-0.15, -0.1) is 10.2 Å². The van der Waals surface area contributed by atoms with Gasteiger partial charge in [0.15, 0.2) is 0 Å². The zero-order valence-corrected chi connectivity index (χ0v) is 13.1. The maximum absolute atomic E-state index is 12.6. The van der Waals surface area contributed by atoms with Gasteiger partial charge in [0.1, 0.15) is 5.56 Å². The highest BCUT2D eigenvalue weighted by Crippen LogP contribution is 2.33. The van der Waals surface area contributed by atoms with Gasteiger partial charge in [-0.3, -0.25) is 10.1 Å². The van der Waals surface area contributed by atoms with E-state index in [0.717, 1.165) is 42.5 Å². The summed E-state index contributed by atoms with van der Waals surface area (Å²) in [5.74, 6) is -1.76. The van der Waals surface area contributed by atoms with Gasteiger partial charge >= 0.3 is 12.1 Å². The van der Waals surface area contributed by atoms with E-state index in [1.165, 1.54) is 0 Å². The Balaban J connectivity index is 1.99. The molecule has 0 spiro atoms. The van der Waals surface area contributed by atoms with Crippen LogP contribution in [0.25, 0.3) is 22.9 Å². The zero-order valence-electron chi connectivity index (χ0n) is 13.1. The molecule has 0 aliphatic heterocycles. The van der Waals surface area contributed by atoms with Crippen molar-refractivity contribution < 1.29 is 32.4 Å². The first-order valence-electron chi connectivity index (χ1n) is 7.20. The van der Waals surface area contributed by atoms with Gasteiger partial charge in [-0.1, -0.05) is 0 Å². The minimum atomic E-state index is -4.50. The van der Waals surface area contributed by atoms with Crippen molar-refractivity contribution in [2.45, 2.75) is 6.18 Å². The van der Waals surface area contributed by atoms with Gasteiger partial charge in [0.05, 0.1) is 16.1 Å². The van der Waals surface area contributed by atoms with Crippen LogP contribution in [0.15, 0.2) is 46.9 Å². The highest BCUT2D eigenvalue weighted by Gasteiger charge is 2.30. The maximum atomic E-state index is 12.6. The second-order valence-corrected chi connectivity index (χ2v) is 5.28. The zero-order chi connectivity index (χ0) is 19.8. The smallest absolute Gasteiger partial charge is 0.416 e. The number of aromatic nitrogens is 2. The number of nitrogens with zero attached hydrogens (tertiary/aromatic N) is 3. The van der Waals surface area contributed by atoms with E-state index in [0.29, 0.717) is 0 Å². The fourth-order valence-electron chi connectivity index (χ4n) is 2.25. The third-order valence-corrected chi connectivity index (χ3v) is 3.56. The van der Waals surface area contributed by atoms with Gasteiger partial charge in [0.25, 0.3) is 11.6 Å². The normalized spacial score (nSPS) is 11.4. The second kappa shape index (κ2) is 6.52. The van der Waals surface area contributed by atoms with Crippen molar-refractivity contribution in [3.05, 3.63) is 63.7 Å². The molecule has 0 fully saturated rings. The average molecular weight is 379 g/mol. The number of nitro benzene ring substituents is 1. The monoisotopic (exact) mass is 379 g/mol. The first kappa shape index (κ1) is 18.0. The Morgan fingerprint density at radius 2 is 1.70 bits per heavy atom. The number of aromatic carboxylic acids is 1. The van der Waals surface area contributed by atoms with Crippen molar-refractivity contribution in [3.8, 4) is 22.9 Å². The summed E-state index contributed by atoms with van der Waals surface area (Å²) in [5.41, 5.74) is -1.64. The Kier molecular flexibility index (Phi) is 4.35. The Bertz CT molecular complexity index is 1030. The summed E-state index contributed by atoms with van der Waals surface area (Å²) < 4.78 is 43.1. The predicted molar refractivity (Wildman–Crippen MR) is 83.8 cm³/mol. The van der Waals surface area contributed by atoms with Gasteiger partial charge in [-0.25, -0.2) is 4.79 Å². The van der Waals surface area contributed by atoms with Gasteiger partial charge in [-0.05, 0) is 36.4 Å². The third-order valence-electron chi connectivity index (χ3n) is 3.56. The van der Waals surface area contributed by atoms with E-state index in [2.05, 4.69) is 10.2 Å². The number of halogens is 3. The van der Waals surface area contributed by atoms with E-state index in [4.69, 9.17) is 9.52 Å². The van der Waals surface area contributed by atoms with Crippen molar-refractivity contribution in [3.63, 3.8) is 0 Å². The molecule has 1 aromatic heterocycles. The van der Waals surface area contributed by atoms with Crippen molar-refractivity contribution in [2.75, 3.05) is 0 Å². The number of rotatable bonds is 4. The molecular weight excluding hydrogens is 371 g/mol. The summed E-state index contributed by atoms with van der Waals surface area (Å²) in [6, 6.07) is 7.05. The molecule has 0 saturated heterocycles. The Morgan fingerprint density at radius 1 is 1.07 bits per heavy atom. The molecule has 0 aliphatic rings. The van der Waals surface area contributed by atoms with E-state index in [9.17, 15) is 28.1 Å². The van der Waals surface area contributed by atoms with Crippen molar-refractivity contribution in [2.24, 2.45) is 0 Å². The van der Waals surface area contributed by atoms with E-state index in [1.807, 2.05) is 0 Å². The molecule has 138 valence electrons. The number of carbonyl (C=O) groups is 1. The molecule has 0 saturated carbocycles. The van der Waals surface area contributed by atoms with Crippen LogP contribution < -0.4 is 0 Å². The standard InChI is InChI=1S/C16H8F3N3O5/c17-16(18,19)10-4-1-8(2-5-10)13-20-21-14(27-13)11-6-3-9(15(23)24)7-12(11)22(25)26/h1-7H,(H,23,24). The number of carboxylic acid groups (broad SMARTS) is 1. The topological polar surface area (TPSA) is 119 Å². The van der Waals surface area contributed by atoms with Gasteiger partial charge < -0.3 is 9.52 Å². The number of hydrogen-bond donors (Lipinski definition) is 1. The van der Waals surface area contributed by atoms with Crippen molar-refractivity contribution in [1.29, 1.82) is 0 Å². The molecular formula is C16H8F3N3O5. The van der Waals surface area contributed by atoms with Crippen LogP contribution in [0.4, 0.5) is 18.9 Å². The van der Waals surface area contributed by atoms with Crippen molar-refractivity contribution in [1.82, 2.24) is 10.2 Å². The number of benzene rings is 2. The number of nitro groups is 1. The second-order valence-electron chi connectivity index (χ2n) is 5.28. The van der Waals surface area contributed by atoms with E-state index < -0.39 is 28.3 Å². The highest BCUT2D eigenvalue weighted by atomic mass is 19.4. The summed E-state index contributed by atoms with van der Waals surface area (Å²) in [6.07, 6.45) is -4.50. The first-order chi connectivity index (χ1) is 12.7. The molecule has 27 heavy (non-hydrogen) atoms. The average Bonchev–Trinajstić information content (AvgIpc) is 3.10. The maximum Gasteiger partial charge on any atom is 0.416 e. The van der Waals surface area contributed by atoms with Crippen LogP contribution in [-0.4, -0.2) is 26.2 Å². The minimum Gasteiger partial charge on any atom is -0.478 e. The molecule has 2 aromatic carbocycles. The molecule has 0 aliphatic carbocycles. The largest absolute Gasteiger partial charge is 0.478 e. The fraction of sp³-hybridized carbons (Fsp3) is 0.0625. The number of hydrogen-bond acceptors (Lipinski definition) is 6. The summed E-state index contributed by atoms with van der Waals surface area (Å²) in [5, 5.41) is 27.5. The van der Waals surface area contributed by atoms with Crippen molar-refractivity contribution >= 4 is 11.7 Å². The van der Waals surface area contributed by atoms with Crippen LogP contribution >= 0.6 is 0 Å². The molecule has 1 N–H and O–H groups in total. The lowest BCUT2D eigenvalue weighted by molar-refractivity contribution is -0.384. The Morgan fingerprint density at radius 3 is 2.26 bits per heavy atom. The molecule has 0 radical (unpaired) electrons. The minimum absolute atomic E-state index is 0.115. The molecule has 3 rings (SSSR count). The number of alkyl halides is 3. The summed E-state index contributed by atoms with van der Waals surface area (Å²) in [4.78, 5) is 21.3. The van der Waals surface area contributed by atoms with E-state index in [-0.39, 0.29) is 28.5 Å². The van der Waals surface area contributed by atoms with E-state index in [1.54, 1.807) is 0 Å². The molecule has 0 atom stereocenters. The summed E-state index contributed by atoms with van der Waals surface area (Å²) >= 11 is 0. The first-order valence-corrected chi connectivity index (χ1v) is 7.20. The highest BCUT2D eigenvalue weighted by molar-refractivity contribution is 5.90. The van der Waals surface area contributed by atoms with Gasteiger partial charge in [0.2, 0.25) is 5.89 Å². The van der Waals surface area contributed by atoms with Crippen LogP contribution in [0.2, 0.25) is 0 Å². The van der Waals surface area contributed by atoms with Crippen LogP contribution in [0.5, 0.6) is 0 Å². The lowest BCUT2D eigenvalue weighted by atomic mass is 10.1. The van der Waals surface area contributed by atoms with Gasteiger partial charge in [0, 0.05) is 11.6 Å². The SMILES string of the molecule is O=C(O)c1ccc(-c2nnc(-c3ccc(C(F)(F)F)cc3)o2)c([N+](=O)[O-])c1. The lowest BCUT2D eigenvalue weighted by Gasteiger charge is -2.05. The Labute approximate surface area is 148 Å². The van der Waals surface area contributed by atoms with Crippen LogP contribution in [0, 0.1) is 10.1 Å². The molecule has 0 unspecified atom stereocenters. The van der Waals surface area contributed by atoms with Crippen LogP contribution in [0.3, 0.4) is 0 Å². The third kappa shape index (κ3) is 3.61. The molecule has 0 bridgehead atoms. The quantitative estimate of drug-likeness (QED) is 0.537. The van der Waals surface area contributed by atoms with Crippen LogP contribution in [0.1, 0.15) is 15.9 Å². The predicted octanol–water partition coefficient (Wildman–Crippen LogP) is 4.03. The molecule has 11 heteroatoms. The summed E-state index contributed by atoms with van der Waals surface area (Å²) in [6.45, 7) is 0. The summed E-state index contributed by atoms with van der Waals surface area (Å²) in [7, 11) is 0. The van der Waals surface area contributed by atoms with Crippen LogP contribution in [-0.2, 0) is 6.18 Å². The van der Waals surface area contributed by atoms with Gasteiger partial charge in [-0.2, -0.15) is 13.2 Å². The molecule has 0 amide bonds. The lowest BCUT2D eigenvalue weighted by Crippen LogP contribution is -2.03. The molecule has 8 nitrogen and oxygen atoms in total. The Hall–Kier alpha value is -3.76. The fourth-order valence-corrected chi connectivity index (χ4v) is 2.25. The molecule has 3 aromatic rings.